The van der Waals surface area contributed by atoms with Crippen LogP contribution >= 0.6 is 11.9 Å². The Morgan fingerprint density at radius 1 is 1.02 bits per heavy atom. The third-order valence-electron chi connectivity index (χ3n) is 12.4. The number of urea groups is 1. The van der Waals surface area contributed by atoms with Gasteiger partial charge in [-0.2, -0.15) is 22.7 Å². The lowest BCUT2D eigenvalue weighted by molar-refractivity contribution is -0.139. The number of ether oxygens (including phenoxy) is 1. The third-order valence-corrected chi connectivity index (χ3v) is 13.3. The van der Waals surface area contributed by atoms with Crippen LogP contribution in [-0.4, -0.2) is 111 Å². The molecule has 13 nitrogen and oxygen atoms in total. The molecule has 3 atom stereocenters. The van der Waals surface area contributed by atoms with E-state index in [1.54, 1.807) is 36.9 Å². The number of rotatable bonds is 12. The number of anilines is 1. The normalized spacial score (nSPS) is 26.8. The molecule has 3 aliphatic heterocycles. The van der Waals surface area contributed by atoms with E-state index in [9.17, 15) is 37.1 Å². The molecule has 1 aliphatic carbocycles. The summed E-state index contributed by atoms with van der Waals surface area (Å²) in [4.78, 5) is 70.8. The van der Waals surface area contributed by atoms with Gasteiger partial charge in [0.15, 0.2) is 0 Å². The zero-order valence-corrected chi connectivity index (χ0v) is 34.9. The first-order valence-corrected chi connectivity index (χ1v) is 21.0. The number of benzene rings is 2. The molecule has 6 rings (SSSR count). The van der Waals surface area contributed by atoms with Crippen LogP contribution in [0.5, 0.6) is 0 Å². The Bertz CT molecular complexity index is 1970. The minimum absolute atomic E-state index is 0.0156. The molecule has 318 valence electrons. The first kappa shape index (κ1) is 44.1. The summed E-state index contributed by atoms with van der Waals surface area (Å²) < 4.78 is 47.9. The second-order valence-corrected chi connectivity index (χ2v) is 17.6. The van der Waals surface area contributed by atoms with E-state index >= 15 is 0 Å². The Kier molecular flexibility index (Phi) is 13.2. The van der Waals surface area contributed by atoms with Crippen LogP contribution in [0.3, 0.4) is 0 Å². The van der Waals surface area contributed by atoms with Gasteiger partial charge < -0.3 is 15.0 Å². The van der Waals surface area contributed by atoms with Gasteiger partial charge in [0.05, 0.1) is 41.9 Å². The van der Waals surface area contributed by atoms with Crippen molar-refractivity contribution in [2.45, 2.75) is 126 Å². The van der Waals surface area contributed by atoms with Crippen molar-refractivity contribution >= 4 is 47.3 Å². The molecule has 2 aromatic carbocycles. The standard InChI is InChI=1S/C42H52F3N7O6S/c1-6-41(18-17-35(53)48-37(41)55)29-8-10-30(11-9-29)47-36(54)25-50-26(2)23-49(24-27(50)3)19-20-58-32-14-12-31(13-15-32)51-39(57)52(38(56)40(51,4)5)59-33-16-7-28(22-46)34(21-33)42(43,44)45/h7-11,16,21,26-27,31-32H,6,12-15,17-20,23-25H2,1-5H3,(H,47,54)(H,48,53,55)/t26-,27+,31?,32?,41-/m0/s1. The smallest absolute Gasteiger partial charge is 0.377 e. The van der Waals surface area contributed by atoms with Crippen molar-refractivity contribution in [3.8, 4) is 6.07 Å². The molecule has 1 saturated carbocycles. The lowest BCUT2D eigenvalue weighted by Gasteiger charge is -2.44. The average Bonchev–Trinajstić information content (AvgIpc) is 3.35. The van der Waals surface area contributed by atoms with Crippen molar-refractivity contribution in [2.75, 3.05) is 38.1 Å². The number of amides is 6. The fraction of sp³-hybridized carbons (Fsp3) is 0.571. The van der Waals surface area contributed by atoms with Gasteiger partial charge in [0.1, 0.15) is 5.54 Å². The molecule has 6 amide bonds. The summed E-state index contributed by atoms with van der Waals surface area (Å²) in [5, 5.41) is 14.6. The van der Waals surface area contributed by atoms with Crippen LogP contribution in [0.25, 0.3) is 0 Å². The average molecular weight is 840 g/mol. The van der Waals surface area contributed by atoms with Crippen molar-refractivity contribution < 1.29 is 41.9 Å². The summed E-state index contributed by atoms with van der Waals surface area (Å²) in [5.41, 5.74) is -2.15. The molecule has 2 N–H and O–H groups in total. The van der Waals surface area contributed by atoms with Gasteiger partial charge in [0, 0.05) is 54.8 Å². The number of alkyl halides is 3. The highest BCUT2D eigenvalue weighted by Gasteiger charge is 2.55. The predicted octanol–water partition coefficient (Wildman–Crippen LogP) is 6.07. The summed E-state index contributed by atoms with van der Waals surface area (Å²) in [6.07, 6.45) is -0.888. The number of imide groups is 2. The van der Waals surface area contributed by atoms with E-state index < -0.39 is 40.2 Å². The lowest BCUT2D eigenvalue weighted by Crippen LogP contribution is -2.58. The molecule has 3 heterocycles. The van der Waals surface area contributed by atoms with Crippen LogP contribution in [0, 0.1) is 11.3 Å². The minimum atomic E-state index is -4.77. The summed E-state index contributed by atoms with van der Waals surface area (Å²) >= 11 is 0.634. The molecule has 0 radical (unpaired) electrons. The highest BCUT2D eigenvalue weighted by Crippen LogP contribution is 2.42. The molecule has 2 aromatic rings. The van der Waals surface area contributed by atoms with Crippen LogP contribution in [0.1, 0.15) is 96.3 Å². The Hall–Kier alpha value is -4.50. The fourth-order valence-electron chi connectivity index (χ4n) is 9.07. The topological polar surface area (TPSA) is 155 Å². The van der Waals surface area contributed by atoms with E-state index in [2.05, 4.69) is 34.3 Å². The second-order valence-electron chi connectivity index (χ2n) is 16.6. The first-order valence-electron chi connectivity index (χ1n) is 20.2. The maximum Gasteiger partial charge on any atom is 0.417 e. The van der Waals surface area contributed by atoms with Crippen molar-refractivity contribution in [2.24, 2.45) is 0 Å². The van der Waals surface area contributed by atoms with Crippen LogP contribution in [0.2, 0.25) is 0 Å². The zero-order chi connectivity index (χ0) is 42.9. The minimum Gasteiger partial charge on any atom is -0.377 e. The molecule has 0 unspecified atom stereocenters. The Balaban J connectivity index is 0.937. The predicted molar refractivity (Wildman–Crippen MR) is 214 cm³/mol. The molecule has 17 heteroatoms. The Labute approximate surface area is 347 Å². The number of hydrogen-bond donors (Lipinski definition) is 2. The molecule has 4 aliphatic rings. The highest BCUT2D eigenvalue weighted by atomic mass is 32.2. The number of nitrogens with zero attached hydrogens (tertiary/aromatic N) is 5. The fourth-order valence-corrected chi connectivity index (χ4v) is 10.1. The number of nitrogens with one attached hydrogen (secondary N) is 2. The third kappa shape index (κ3) is 9.30. The number of carbonyl (C=O) groups excluding carboxylic acids is 5. The SMILES string of the molecule is CC[C@@]1(c2ccc(NC(=O)CN3[C@H](C)CN(CCOC4CCC(N5C(=O)N(Sc6ccc(C#N)c(C(F)(F)F)c6)C(=O)C5(C)C)CC4)C[C@@H]3C)cc2)CCC(=O)NC1=O. The number of halogens is 3. The van der Waals surface area contributed by atoms with E-state index in [-0.39, 0.29) is 53.4 Å². The molecular weight excluding hydrogens is 788 g/mol. The summed E-state index contributed by atoms with van der Waals surface area (Å²) in [6, 6.07) is 11.4. The van der Waals surface area contributed by atoms with E-state index in [1.807, 2.05) is 19.1 Å². The van der Waals surface area contributed by atoms with E-state index in [1.165, 1.54) is 6.07 Å². The number of hydrogen-bond acceptors (Lipinski definition) is 10. The highest BCUT2D eigenvalue weighted by molar-refractivity contribution is 7.98. The Morgan fingerprint density at radius 2 is 1.68 bits per heavy atom. The summed E-state index contributed by atoms with van der Waals surface area (Å²) in [5.74, 6) is -1.18. The van der Waals surface area contributed by atoms with Crippen molar-refractivity contribution in [3.05, 3.63) is 59.2 Å². The zero-order valence-electron chi connectivity index (χ0n) is 34.1. The van der Waals surface area contributed by atoms with Gasteiger partial charge in [-0.1, -0.05) is 19.1 Å². The van der Waals surface area contributed by atoms with E-state index in [0.29, 0.717) is 69.2 Å². The molecule has 59 heavy (non-hydrogen) atoms. The summed E-state index contributed by atoms with van der Waals surface area (Å²) in [6.45, 7) is 12.4. The molecular formula is C42H52F3N7O6S. The van der Waals surface area contributed by atoms with Gasteiger partial charge in [-0.3, -0.25) is 34.3 Å². The van der Waals surface area contributed by atoms with Gasteiger partial charge in [0.25, 0.3) is 5.91 Å². The molecule has 0 spiro atoms. The maximum absolute atomic E-state index is 13.6. The van der Waals surface area contributed by atoms with Crippen molar-refractivity contribution in [1.29, 1.82) is 5.26 Å². The Morgan fingerprint density at radius 3 is 2.27 bits per heavy atom. The van der Waals surface area contributed by atoms with Crippen LogP contribution < -0.4 is 10.6 Å². The van der Waals surface area contributed by atoms with Gasteiger partial charge in [-0.15, -0.1) is 0 Å². The number of piperidine rings is 1. The summed E-state index contributed by atoms with van der Waals surface area (Å²) in [7, 11) is 0. The molecule has 0 aromatic heterocycles. The number of carbonyl (C=O) groups is 5. The van der Waals surface area contributed by atoms with Gasteiger partial charge in [-0.05, 0) is 114 Å². The lowest BCUT2D eigenvalue weighted by atomic mass is 9.72. The molecule has 3 saturated heterocycles. The van der Waals surface area contributed by atoms with Crippen LogP contribution in [0.15, 0.2) is 47.4 Å². The first-order chi connectivity index (χ1) is 27.9. The number of nitriles is 1. The van der Waals surface area contributed by atoms with Gasteiger partial charge in [-0.25, -0.2) is 4.79 Å². The van der Waals surface area contributed by atoms with Crippen molar-refractivity contribution in [3.63, 3.8) is 0 Å². The van der Waals surface area contributed by atoms with E-state index in [4.69, 9.17) is 10.00 Å². The molecule has 4 fully saturated rings. The van der Waals surface area contributed by atoms with E-state index in [0.717, 1.165) is 41.6 Å². The van der Waals surface area contributed by atoms with Crippen LogP contribution in [-0.2, 0) is 35.5 Å². The van der Waals surface area contributed by atoms with Crippen molar-refractivity contribution in [1.82, 2.24) is 24.3 Å². The number of piperazine rings is 1. The second kappa shape index (κ2) is 17.6. The monoisotopic (exact) mass is 839 g/mol. The van der Waals surface area contributed by atoms with Gasteiger partial charge in [0.2, 0.25) is 17.7 Å². The maximum atomic E-state index is 13.6. The largest absolute Gasteiger partial charge is 0.417 e. The van der Waals surface area contributed by atoms with Crippen LogP contribution in [0.4, 0.5) is 23.7 Å². The molecule has 0 bridgehead atoms. The quantitative estimate of drug-likeness (QED) is 0.146. The van der Waals surface area contributed by atoms with Gasteiger partial charge >= 0.3 is 12.2 Å².